The van der Waals surface area contributed by atoms with Gasteiger partial charge in [0.15, 0.2) is 0 Å². The van der Waals surface area contributed by atoms with Crippen LogP contribution in [-0.4, -0.2) is 24.4 Å². The number of carbonyl (C=O) groups excluding carboxylic acids is 1. The van der Waals surface area contributed by atoms with Gasteiger partial charge < -0.3 is 10.2 Å². The Morgan fingerprint density at radius 3 is 2.92 bits per heavy atom. The van der Waals surface area contributed by atoms with E-state index in [2.05, 4.69) is 11.9 Å². The number of rotatable bonds is 2. The molecular formula is C10H16N2O. The number of amides is 1. The van der Waals surface area contributed by atoms with Crippen LogP contribution in [0, 0.1) is 0 Å². The van der Waals surface area contributed by atoms with Gasteiger partial charge in [-0.25, -0.2) is 0 Å². The lowest BCUT2D eigenvalue weighted by molar-refractivity contribution is -0.124. The van der Waals surface area contributed by atoms with Crippen molar-refractivity contribution >= 4 is 5.91 Å². The molecule has 3 nitrogen and oxygen atoms in total. The highest BCUT2D eigenvalue weighted by molar-refractivity contribution is 5.93. The maximum Gasteiger partial charge on any atom is 0.253 e. The third-order valence-electron chi connectivity index (χ3n) is 2.08. The zero-order valence-electron chi connectivity index (χ0n) is 8.26. The Morgan fingerprint density at radius 2 is 2.38 bits per heavy atom. The van der Waals surface area contributed by atoms with Crippen LogP contribution in [0.5, 0.6) is 0 Å². The van der Waals surface area contributed by atoms with Crippen molar-refractivity contribution in [1.82, 2.24) is 10.2 Å². The van der Waals surface area contributed by atoms with Crippen LogP contribution in [0.3, 0.4) is 0 Å². The first-order valence-electron chi connectivity index (χ1n) is 4.50. The summed E-state index contributed by atoms with van der Waals surface area (Å²) < 4.78 is 0. The zero-order chi connectivity index (χ0) is 9.84. The highest BCUT2D eigenvalue weighted by Crippen LogP contribution is 2.21. The van der Waals surface area contributed by atoms with E-state index in [0.29, 0.717) is 5.57 Å². The summed E-state index contributed by atoms with van der Waals surface area (Å²) in [6.07, 6.45) is 3.90. The molecule has 1 saturated heterocycles. The van der Waals surface area contributed by atoms with Gasteiger partial charge in [0.2, 0.25) is 0 Å². The van der Waals surface area contributed by atoms with E-state index >= 15 is 0 Å². The Balaban J connectivity index is 2.74. The standard InChI is InChI=1S/C10H16N2O/c1-8(2)10(13)12-6-4-5-9(12)7-11-3/h7,11H,1,4-6H2,2-3H3/b9-7+. The van der Waals surface area contributed by atoms with E-state index < -0.39 is 0 Å². The number of allylic oxidation sites excluding steroid dienone is 1. The second kappa shape index (κ2) is 4.12. The van der Waals surface area contributed by atoms with Gasteiger partial charge in [0, 0.05) is 31.1 Å². The SMILES string of the molecule is C=C(C)C(=O)N1CCC/C1=C\NC. The number of hydrogen-bond donors (Lipinski definition) is 1. The predicted molar refractivity (Wildman–Crippen MR) is 52.9 cm³/mol. The van der Waals surface area contributed by atoms with E-state index in [9.17, 15) is 4.79 Å². The molecular weight excluding hydrogens is 164 g/mol. The summed E-state index contributed by atoms with van der Waals surface area (Å²) in [6, 6.07) is 0. The average molecular weight is 180 g/mol. The van der Waals surface area contributed by atoms with Gasteiger partial charge in [-0.05, 0) is 19.8 Å². The van der Waals surface area contributed by atoms with E-state index in [-0.39, 0.29) is 5.91 Å². The van der Waals surface area contributed by atoms with Crippen LogP contribution in [0.2, 0.25) is 0 Å². The van der Waals surface area contributed by atoms with Gasteiger partial charge in [-0.15, -0.1) is 0 Å². The molecule has 1 N–H and O–H groups in total. The molecule has 1 amide bonds. The molecule has 0 bridgehead atoms. The molecule has 0 aromatic carbocycles. The van der Waals surface area contributed by atoms with Gasteiger partial charge >= 0.3 is 0 Å². The fraction of sp³-hybridized carbons (Fsp3) is 0.500. The lowest BCUT2D eigenvalue weighted by Crippen LogP contribution is -2.27. The molecule has 0 atom stereocenters. The van der Waals surface area contributed by atoms with Crippen LogP contribution in [-0.2, 0) is 4.79 Å². The summed E-state index contributed by atoms with van der Waals surface area (Å²) >= 11 is 0. The molecule has 72 valence electrons. The van der Waals surface area contributed by atoms with Gasteiger partial charge in [0.1, 0.15) is 0 Å². The maximum absolute atomic E-state index is 11.6. The van der Waals surface area contributed by atoms with Crippen LogP contribution in [0.1, 0.15) is 19.8 Å². The maximum atomic E-state index is 11.6. The lowest BCUT2D eigenvalue weighted by Gasteiger charge is -2.17. The minimum Gasteiger partial charge on any atom is -0.393 e. The highest BCUT2D eigenvalue weighted by atomic mass is 16.2. The van der Waals surface area contributed by atoms with Crippen molar-refractivity contribution in [2.75, 3.05) is 13.6 Å². The zero-order valence-corrected chi connectivity index (χ0v) is 8.26. The number of nitrogens with zero attached hydrogens (tertiary/aromatic N) is 1. The summed E-state index contributed by atoms with van der Waals surface area (Å²) in [5.41, 5.74) is 1.67. The van der Waals surface area contributed by atoms with E-state index in [1.807, 2.05) is 13.2 Å². The summed E-state index contributed by atoms with van der Waals surface area (Å²) in [5.74, 6) is 0.0407. The second-order valence-corrected chi connectivity index (χ2v) is 3.27. The van der Waals surface area contributed by atoms with Crippen molar-refractivity contribution in [3.63, 3.8) is 0 Å². The fourth-order valence-electron chi connectivity index (χ4n) is 1.48. The van der Waals surface area contributed by atoms with Crippen molar-refractivity contribution in [2.24, 2.45) is 0 Å². The summed E-state index contributed by atoms with van der Waals surface area (Å²) in [5, 5.41) is 2.95. The molecule has 0 aromatic heterocycles. The Hall–Kier alpha value is -1.25. The Bertz CT molecular complexity index is 256. The van der Waals surface area contributed by atoms with E-state index in [1.165, 1.54) is 0 Å². The molecule has 1 fully saturated rings. The molecule has 13 heavy (non-hydrogen) atoms. The average Bonchev–Trinajstić information content (AvgIpc) is 2.52. The molecule has 0 radical (unpaired) electrons. The molecule has 3 heteroatoms. The molecule has 1 rings (SSSR count). The van der Waals surface area contributed by atoms with Crippen LogP contribution in [0.15, 0.2) is 24.0 Å². The minimum absolute atomic E-state index is 0.0407. The smallest absolute Gasteiger partial charge is 0.253 e. The normalized spacial score (nSPS) is 19.2. The molecule has 0 spiro atoms. The largest absolute Gasteiger partial charge is 0.393 e. The Kier molecular flexibility index (Phi) is 3.12. The molecule has 0 aliphatic carbocycles. The Labute approximate surface area is 79.1 Å². The van der Waals surface area contributed by atoms with Gasteiger partial charge in [-0.2, -0.15) is 0 Å². The molecule has 1 aliphatic rings. The molecule has 0 unspecified atom stereocenters. The lowest BCUT2D eigenvalue weighted by atomic mass is 10.3. The fourth-order valence-corrected chi connectivity index (χ4v) is 1.48. The van der Waals surface area contributed by atoms with E-state index in [1.54, 1.807) is 11.8 Å². The third-order valence-corrected chi connectivity index (χ3v) is 2.08. The number of carbonyl (C=O) groups is 1. The van der Waals surface area contributed by atoms with Gasteiger partial charge in [0.25, 0.3) is 5.91 Å². The van der Waals surface area contributed by atoms with Crippen LogP contribution < -0.4 is 5.32 Å². The van der Waals surface area contributed by atoms with Crippen LogP contribution >= 0.6 is 0 Å². The second-order valence-electron chi connectivity index (χ2n) is 3.27. The van der Waals surface area contributed by atoms with Crippen molar-refractivity contribution in [3.8, 4) is 0 Å². The first-order chi connectivity index (χ1) is 6.16. The highest BCUT2D eigenvalue weighted by Gasteiger charge is 2.22. The quantitative estimate of drug-likeness (QED) is 0.648. The van der Waals surface area contributed by atoms with Gasteiger partial charge in [-0.1, -0.05) is 6.58 Å². The van der Waals surface area contributed by atoms with Crippen molar-refractivity contribution in [2.45, 2.75) is 19.8 Å². The van der Waals surface area contributed by atoms with Gasteiger partial charge in [-0.3, -0.25) is 4.79 Å². The van der Waals surface area contributed by atoms with E-state index in [0.717, 1.165) is 25.1 Å². The summed E-state index contributed by atoms with van der Waals surface area (Å²) in [7, 11) is 1.84. The van der Waals surface area contributed by atoms with Gasteiger partial charge in [0.05, 0.1) is 0 Å². The molecule has 0 aromatic rings. The third kappa shape index (κ3) is 2.11. The number of nitrogens with one attached hydrogen (secondary N) is 1. The predicted octanol–water partition coefficient (Wildman–Crippen LogP) is 1.25. The first-order valence-corrected chi connectivity index (χ1v) is 4.50. The van der Waals surface area contributed by atoms with Crippen molar-refractivity contribution in [1.29, 1.82) is 0 Å². The first kappa shape index (κ1) is 9.84. The number of likely N-dealkylation sites (tertiary alicyclic amines) is 1. The van der Waals surface area contributed by atoms with Crippen LogP contribution in [0.4, 0.5) is 0 Å². The Morgan fingerprint density at radius 1 is 1.69 bits per heavy atom. The topological polar surface area (TPSA) is 32.3 Å². The van der Waals surface area contributed by atoms with Crippen LogP contribution in [0.25, 0.3) is 0 Å². The summed E-state index contributed by atoms with van der Waals surface area (Å²) in [6.45, 7) is 6.22. The molecule has 0 saturated carbocycles. The van der Waals surface area contributed by atoms with Crippen molar-refractivity contribution < 1.29 is 4.79 Å². The molecule has 1 aliphatic heterocycles. The van der Waals surface area contributed by atoms with E-state index in [4.69, 9.17) is 0 Å². The number of hydrogen-bond acceptors (Lipinski definition) is 2. The monoisotopic (exact) mass is 180 g/mol. The van der Waals surface area contributed by atoms with Crippen molar-refractivity contribution in [3.05, 3.63) is 24.0 Å². The summed E-state index contributed by atoms with van der Waals surface area (Å²) in [4.78, 5) is 13.4. The minimum atomic E-state index is 0.0407. The molecule has 1 heterocycles.